The Hall–Kier alpha value is -3.54. The summed E-state index contributed by atoms with van der Waals surface area (Å²) in [6.07, 6.45) is 4.31. The molecule has 0 saturated carbocycles. The first kappa shape index (κ1) is 19.2. The van der Waals surface area contributed by atoms with Crippen molar-refractivity contribution in [1.29, 1.82) is 0 Å². The number of carbonyl (C=O) groups excluding carboxylic acids is 1. The highest BCUT2D eigenvalue weighted by molar-refractivity contribution is 7.92. The number of aromatic nitrogens is 4. The van der Waals surface area contributed by atoms with Gasteiger partial charge in [0.1, 0.15) is 5.82 Å². The van der Waals surface area contributed by atoms with Crippen molar-refractivity contribution in [3.8, 4) is 5.82 Å². The van der Waals surface area contributed by atoms with E-state index in [2.05, 4.69) is 30.4 Å². The minimum absolute atomic E-state index is 0.0114. The molecular weight excluding hydrogens is 389 g/mol. The number of nitrogens with zero attached hydrogens (tertiary/aromatic N) is 4. The lowest BCUT2D eigenvalue weighted by molar-refractivity contribution is 0.252. The van der Waals surface area contributed by atoms with Gasteiger partial charge in [0.2, 0.25) is 10.0 Å². The van der Waals surface area contributed by atoms with Crippen molar-refractivity contribution in [1.82, 2.24) is 25.1 Å². The summed E-state index contributed by atoms with van der Waals surface area (Å²) in [6.45, 7) is -0.135. The van der Waals surface area contributed by atoms with Crippen LogP contribution in [-0.4, -0.2) is 46.5 Å². The normalized spacial score (nSPS) is 11.0. The molecule has 0 atom stereocenters. The van der Waals surface area contributed by atoms with Gasteiger partial charge in [0, 0.05) is 31.2 Å². The Morgan fingerprint density at radius 3 is 2.64 bits per heavy atom. The largest absolute Gasteiger partial charge is 0.337 e. The molecule has 3 heterocycles. The molecule has 3 rings (SSSR count). The Labute approximate surface area is 159 Å². The van der Waals surface area contributed by atoms with E-state index in [0.29, 0.717) is 0 Å². The molecule has 28 heavy (non-hydrogen) atoms. The first-order chi connectivity index (χ1) is 13.4. The van der Waals surface area contributed by atoms with E-state index in [1.54, 1.807) is 12.1 Å². The Kier molecular flexibility index (Phi) is 5.79. The topological polar surface area (TPSA) is 131 Å². The van der Waals surface area contributed by atoms with Crippen molar-refractivity contribution < 1.29 is 17.6 Å². The molecule has 0 bridgehead atoms. The van der Waals surface area contributed by atoms with Gasteiger partial charge in [-0.15, -0.1) is 5.10 Å². The third kappa shape index (κ3) is 5.23. The van der Waals surface area contributed by atoms with Gasteiger partial charge >= 0.3 is 6.03 Å². The van der Waals surface area contributed by atoms with Crippen molar-refractivity contribution in [2.24, 2.45) is 0 Å². The summed E-state index contributed by atoms with van der Waals surface area (Å²) in [4.78, 5) is 19.6. The number of halogens is 1. The molecule has 10 nitrogen and oxygen atoms in total. The van der Waals surface area contributed by atoms with Crippen LogP contribution in [0.5, 0.6) is 0 Å². The maximum Gasteiger partial charge on any atom is 0.320 e. The third-order valence-corrected chi connectivity index (χ3v) is 4.63. The van der Waals surface area contributed by atoms with Gasteiger partial charge in [-0.2, -0.15) is 0 Å². The van der Waals surface area contributed by atoms with E-state index in [4.69, 9.17) is 0 Å². The highest BCUT2D eigenvalue weighted by Gasteiger charge is 2.13. The van der Waals surface area contributed by atoms with Gasteiger partial charge in [-0.3, -0.25) is 10.0 Å². The molecule has 0 aliphatic rings. The quantitative estimate of drug-likeness (QED) is 0.544. The number of amides is 2. The van der Waals surface area contributed by atoms with E-state index in [1.807, 2.05) is 0 Å². The Bertz CT molecular complexity index is 1060. The monoisotopic (exact) mass is 405 g/mol. The second-order valence-electron chi connectivity index (χ2n) is 5.47. The highest BCUT2D eigenvalue weighted by atomic mass is 32.2. The van der Waals surface area contributed by atoms with Gasteiger partial charge in [-0.25, -0.2) is 32.3 Å². The van der Waals surface area contributed by atoms with Gasteiger partial charge < -0.3 is 5.32 Å². The Balaban J connectivity index is 1.49. The highest BCUT2D eigenvalue weighted by Crippen LogP contribution is 2.11. The number of sulfonamides is 1. The van der Waals surface area contributed by atoms with E-state index in [9.17, 15) is 17.6 Å². The Morgan fingerprint density at radius 2 is 1.89 bits per heavy atom. The van der Waals surface area contributed by atoms with Gasteiger partial charge in [0.25, 0.3) is 0 Å². The minimum atomic E-state index is -3.66. The van der Waals surface area contributed by atoms with E-state index in [0.717, 1.165) is 0 Å². The number of pyridine rings is 2. The molecular formula is C16H16FN7O3S. The molecule has 0 fully saturated rings. The zero-order chi connectivity index (χ0) is 20.0. The fourth-order valence-corrected chi connectivity index (χ4v) is 3.06. The van der Waals surface area contributed by atoms with E-state index >= 15 is 0 Å². The molecule has 3 N–H and O–H groups in total. The molecule has 0 aliphatic carbocycles. The molecule has 3 aromatic heterocycles. The van der Waals surface area contributed by atoms with Crippen molar-refractivity contribution in [2.75, 3.05) is 22.3 Å². The van der Waals surface area contributed by atoms with Crippen molar-refractivity contribution in [3.05, 3.63) is 60.8 Å². The maximum atomic E-state index is 13.7. The molecule has 0 radical (unpaired) electrons. The number of urea groups is 1. The summed E-state index contributed by atoms with van der Waals surface area (Å²) in [5.74, 6) is -0.573. The third-order valence-electron chi connectivity index (χ3n) is 3.37. The average molecular weight is 405 g/mol. The standard InChI is InChI=1S/C16H16FN7O3S/c17-12-4-3-8-19-15(12)24-10-6-14(22-24)21-16(25)20-9-11-28(26,27)23-13-5-1-2-7-18-13/h1-8,10H,9,11H2,(H,18,23)(H2,20,21,22,25). The molecule has 146 valence electrons. The first-order valence-corrected chi connectivity index (χ1v) is 9.71. The summed E-state index contributed by atoms with van der Waals surface area (Å²) in [5, 5.41) is 8.83. The molecule has 0 saturated heterocycles. The van der Waals surface area contributed by atoms with Crippen LogP contribution < -0.4 is 15.4 Å². The van der Waals surface area contributed by atoms with Crippen LogP contribution in [0.25, 0.3) is 5.82 Å². The molecule has 3 aromatic rings. The summed E-state index contributed by atoms with van der Waals surface area (Å²) in [6, 6.07) is 8.31. The molecule has 0 aliphatic heterocycles. The van der Waals surface area contributed by atoms with E-state index in [1.165, 1.54) is 47.5 Å². The van der Waals surface area contributed by atoms with Gasteiger partial charge in [-0.1, -0.05) is 6.07 Å². The van der Waals surface area contributed by atoms with Gasteiger partial charge in [-0.05, 0) is 24.3 Å². The van der Waals surface area contributed by atoms with Crippen LogP contribution in [0.3, 0.4) is 0 Å². The predicted molar refractivity (Wildman–Crippen MR) is 100.0 cm³/mol. The minimum Gasteiger partial charge on any atom is -0.337 e. The van der Waals surface area contributed by atoms with Crippen molar-refractivity contribution in [3.63, 3.8) is 0 Å². The van der Waals surface area contributed by atoms with Gasteiger partial charge in [0.05, 0.1) is 5.75 Å². The first-order valence-electron chi connectivity index (χ1n) is 8.06. The van der Waals surface area contributed by atoms with Crippen molar-refractivity contribution in [2.45, 2.75) is 0 Å². The molecule has 0 aromatic carbocycles. The van der Waals surface area contributed by atoms with E-state index < -0.39 is 21.9 Å². The van der Waals surface area contributed by atoms with Crippen LogP contribution >= 0.6 is 0 Å². The Morgan fingerprint density at radius 1 is 1.07 bits per heavy atom. The maximum absolute atomic E-state index is 13.7. The molecule has 0 spiro atoms. The second kappa shape index (κ2) is 8.43. The molecule has 2 amide bonds. The van der Waals surface area contributed by atoms with Crippen LogP contribution in [0.1, 0.15) is 0 Å². The number of anilines is 2. The smallest absolute Gasteiger partial charge is 0.320 e. The fraction of sp³-hybridized carbons (Fsp3) is 0.125. The number of nitrogens with one attached hydrogen (secondary N) is 3. The number of rotatable bonds is 7. The SMILES string of the molecule is O=C(NCCS(=O)(=O)Nc1ccccn1)Nc1ccn(-c2ncccc2F)n1. The number of hydrogen-bond donors (Lipinski definition) is 3. The zero-order valence-electron chi connectivity index (χ0n) is 14.4. The molecule has 0 unspecified atom stereocenters. The average Bonchev–Trinajstić information content (AvgIpc) is 3.10. The summed E-state index contributed by atoms with van der Waals surface area (Å²) >= 11 is 0. The van der Waals surface area contributed by atoms with Crippen molar-refractivity contribution >= 4 is 27.7 Å². The number of carbonyl (C=O) groups is 1. The van der Waals surface area contributed by atoms with Crippen LogP contribution in [-0.2, 0) is 10.0 Å². The van der Waals surface area contributed by atoms with Gasteiger partial charge in [0.15, 0.2) is 17.5 Å². The predicted octanol–water partition coefficient (Wildman–Crippen LogP) is 1.36. The van der Waals surface area contributed by atoms with Crippen LogP contribution in [0, 0.1) is 5.82 Å². The zero-order valence-corrected chi connectivity index (χ0v) is 15.2. The lowest BCUT2D eigenvalue weighted by Gasteiger charge is -2.08. The summed E-state index contributed by atoms with van der Waals surface area (Å²) in [5.41, 5.74) is 0. The van der Waals surface area contributed by atoms with Crippen LogP contribution in [0.15, 0.2) is 55.0 Å². The van der Waals surface area contributed by atoms with Crippen LogP contribution in [0.4, 0.5) is 20.8 Å². The molecule has 12 heteroatoms. The van der Waals surface area contributed by atoms with E-state index in [-0.39, 0.29) is 29.8 Å². The second-order valence-corrected chi connectivity index (χ2v) is 7.31. The number of hydrogen-bond acceptors (Lipinski definition) is 6. The lowest BCUT2D eigenvalue weighted by Crippen LogP contribution is -2.34. The summed E-state index contributed by atoms with van der Waals surface area (Å²) < 4.78 is 41.1. The fourth-order valence-electron chi connectivity index (χ4n) is 2.15. The van der Waals surface area contributed by atoms with Crippen LogP contribution in [0.2, 0.25) is 0 Å². The lowest BCUT2D eigenvalue weighted by atomic mass is 10.4. The summed E-state index contributed by atoms with van der Waals surface area (Å²) in [7, 11) is -3.66.